The number of nitrogens with one attached hydrogen (secondary N) is 1. The van der Waals surface area contributed by atoms with Gasteiger partial charge in [0.15, 0.2) is 11.7 Å². The second kappa shape index (κ2) is 8.80. The van der Waals surface area contributed by atoms with Gasteiger partial charge in [-0.2, -0.15) is 0 Å². The molecule has 1 aliphatic rings. The van der Waals surface area contributed by atoms with E-state index in [-0.39, 0.29) is 5.91 Å². The second-order valence-electron chi connectivity index (χ2n) is 6.01. The fourth-order valence-electron chi connectivity index (χ4n) is 2.93. The van der Waals surface area contributed by atoms with Crippen molar-refractivity contribution in [2.75, 3.05) is 39.5 Å². The highest BCUT2D eigenvalue weighted by molar-refractivity contribution is 7.98. The van der Waals surface area contributed by atoms with Crippen LogP contribution in [0, 0.1) is 0 Å². The zero-order valence-corrected chi connectivity index (χ0v) is 16.0. The molecule has 3 rings (SSSR count). The van der Waals surface area contributed by atoms with Crippen LogP contribution < -0.4 is 5.32 Å². The monoisotopic (exact) mass is 372 g/mol. The zero-order valence-electron chi connectivity index (χ0n) is 15.1. The summed E-state index contributed by atoms with van der Waals surface area (Å²) >= 11 is 1.74. The molecule has 0 bridgehead atoms. The van der Waals surface area contributed by atoms with Crippen LogP contribution in [0.3, 0.4) is 0 Å². The lowest BCUT2D eigenvalue weighted by Gasteiger charge is -2.36. The molecule has 2 heterocycles. The van der Waals surface area contributed by atoms with Gasteiger partial charge in [0.25, 0.3) is 5.91 Å². The first kappa shape index (κ1) is 18.4. The number of hydrogen-bond donors (Lipinski definition) is 1. The normalized spacial score (nSPS) is 15.2. The van der Waals surface area contributed by atoms with Crippen molar-refractivity contribution in [3.63, 3.8) is 0 Å². The van der Waals surface area contributed by atoms with E-state index in [2.05, 4.69) is 45.7 Å². The maximum atomic E-state index is 12.3. The van der Waals surface area contributed by atoms with Gasteiger partial charge in [-0.1, -0.05) is 12.1 Å². The summed E-state index contributed by atoms with van der Waals surface area (Å²) in [5, 5.41) is 3.41. The molecule has 2 aromatic rings. The summed E-state index contributed by atoms with van der Waals surface area (Å²) in [6.07, 6.45) is 3.60. The molecule has 0 unspecified atom stereocenters. The standard InChI is InChI=1S/C19H24N4O2S/c1-20-19(21-14-15-5-7-16(26-2)8-6-15)23-11-9-22(10-12-23)18(24)17-4-3-13-25-17/h3-8,13H,9-12,14H2,1-2H3,(H,20,21). The summed E-state index contributed by atoms with van der Waals surface area (Å²) in [7, 11) is 1.79. The molecule has 26 heavy (non-hydrogen) atoms. The van der Waals surface area contributed by atoms with Gasteiger partial charge in [0.05, 0.1) is 6.26 Å². The van der Waals surface area contributed by atoms with Crippen molar-refractivity contribution >= 4 is 23.6 Å². The summed E-state index contributed by atoms with van der Waals surface area (Å²) in [6, 6.07) is 12.0. The summed E-state index contributed by atoms with van der Waals surface area (Å²) in [5.74, 6) is 1.21. The minimum absolute atomic E-state index is 0.0496. The number of nitrogens with zero attached hydrogens (tertiary/aromatic N) is 3. The van der Waals surface area contributed by atoms with Crippen LogP contribution in [0.15, 0.2) is 57.0 Å². The van der Waals surface area contributed by atoms with Crippen LogP contribution in [-0.2, 0) is 6.54 Å². The molecule has 0 radical (unpaired) electrons. The lowest BCUT2D eigenvalue weighted by Crippen LogP contribution is -2.53. The molecule has 0 spiro atoms. The predicted molar refractivity (Wildman–Crippen MR) is 105 cm³/mol. The van der Waals surface area contributed by atoms with Crippen molar-refractivity contribution in [2.45, 2.75) is 11.4 Å². The summed E-state index contributed by atoms with van der Waals surface area (Å²) in [4.78, 5) is 22.0. The number of amides is 1. The second-order valence-corrected chi connectivity index (χ2v) is 6.89. The van der Waals surface area contributed by atoms with E-state index in [4.69, 9.17) is 4.42 Å². The molecule has 138 valence electrons. The first-order valence-electron chi connectivity index (χ1n) is 8.62. The zero-order chi connectivity index (χ0) is 18.4. The Morgan fingerprint density at radius 2 is 1.85 bits per heavy atom. The minimum Gasteiger partial charge on any atom is -0.459 e. The number of hydrogen-bond acceptors (Lipinski definition) is 4. The van der Waals surface area contributed by atoms with Gasteiger partial charge >= 0.3 is 0 Å². The van der Waals surface area contributed by atoms with E-state index < -0.39 is 0 Å². The maximum Gasteiger partial charge on any atom is 0.289 e. The van der Waals surface area contributed by atoms with E-state index in [1.54, 1.807) is 30.9 Å². The number of thioether (sulfide) groups is 1. The fourth-order valence-corrected chi connectivity index (χ4v) is 3.34. The summed E-state index contributed by atoms with van der Waals surface area (Å²) in [6.45, 7) is 3.53. The smallest absolute Gasteiger partial charge is 0.289 e. The average Bonchev–Trinajstić information content (AvgIpc) is 3.24. The van der Waals surface area contributed by atoms with Crippen LogP contribution in [0.25, 0.3) is 0 Å². The number of guanidine groups is 1. The van der Waals surface area contributed by atoms with Gasteiger partial charge in [0.2, 0.25) is 0 Å². The SMILES string of the molecule is CN=C(NCc1ccc(SC)cc1)N1CCN(C(=O)c2ccco2)CC1. The lowest BCUT2D eigenvalue weighted by molar-refractivity contribution is 0.0657. The maximum absolute atomic E-state index is 12.3. The van der Waals surface area contributed by atoms with Crippen molar-refractivity contribution in [1.29, 1.82) is 0 Å². The van der Waals surface area contributed by atoms with E-state index in [0.29, 0.717) is 18.8 Å². The lowest BCUT2D eigenvalue weighted by atomic mass is 10.2. The van der Waals surface area contributed by atoms with E-state index in [0.717, 1.165) is 25.6 Å². The highest BCUT2D eigenvalue weighted by atomic mass is 32.2. The minimum atomic E-state index is -0.0496. The van der Waals surface area contributed by atoms with Gasteiger partial charge < -0.3 is 19.5 Å². The quantitative estimate of drug-likeness (QED) is 0.508. The topological polar surface area (TPSA) is 61.1 Å². The largest absolute Gasteiger partial charge is 0.459 e. The third-order valence-electron chi connectivity index (χ3n) is 4.42. The molecule has 0 aliphatic carbocycles. The van der Waals surface area contributed by atoms with Crippen LogP contribution >= 0.6 is 11.8 Å². The molecule has 1 saturated heterocycles. The highest BCUT2D eigenvalue weighted by Gasteiger charge is 2.25. The van der Waals surface area contributed by atoms with E-state index in [1.807, 2.05) is 4.90 Å². The Hall–Kier alpha value is -2.41. The first-order chi connectivity index (χ1) is 12.7. The molecule has 1 fully saturated rings. The Morgan fingerprint density at radius 3 is 2.42 bits per heavy atom. The molecule has 1 aliphatic heterocycles. The number of benzene rings is 1. The highest BCUT2D eigenvalue weighted by Crippen LogP contribution is 2.15. The molecule has 1 amide bonds. The molecule has 0 atom stereocenters. The number of aliphatic imine (C=N–C) groups is 1. The number of furan rings is 1. The van der Waals surface area contributed by atoms with E-state index in [1.165, 1.54) is 16.7 Å². The molecule has 6 nitrogen and oxygen atoms in total. The van der Waals surface area contributed by atoms with Crippen LogP contribution in [-0.4, -0.2) is 61.1 Å². The van der Waals surface area contributed by atoms with E-state index in [9.17, 15) is 4.79 Å². The van der Waals surface area contributed by atoms with Crippen LogP contribution in [0.2, 0.25) is 0 Å². The van der Waals surface area contributed by atoms with Gasteiger partial charge in [-0.25, -0.2) is 0 Å². The van der Waals surface area contributed by atoms with Gasteiger partial charge in [0.1, 0.15) is 0 Å². The molecule has 1 aromatic carbocycles. The molecule has 1 aromatic heterocycles. The van der Waals surface area contributed by atoms with Gasteiger partial charge in [-0.3, -0.25) is 9.79 Å². The molecular formula is C19H24N4O2S. The average molecular weight is 372 g/mol. The Morgan fingerprint density at radius 1 is 1.15 bits per heavy atom. The van der Waals surface area contributed by atoms with Crippen LogP contribution in [0.1, 0.15) is 16.1 Å². The van der Waals surface area contributed by atoms with E-state index >= 15 is 0 Å². The van der Waals surface area contributed by atoms with Crippen LogP contribution in [0.4, 0.5) is 0 Å². The molecule has 0 saturated carbocycles. The summed E-state index contributed by atoms with van der Waals surface area (Å²) in [5.41, 5.74) is 1.22. The third kappa shape index (κ3) is 4.40. The predicted octanol–water partition coefficient (Wildman–Crippen LogP) is 2.53. The number of piperazine rings is 1. The molecule has 1 N–H and O–H groups in total. The van der Waals surface area contributed by atoms with Crippen molar-refractivity contribution < 1.29 is 9.21 Å². The van der Waals surface area contributed by atoms with Crippen molar-refractivity contribution in [3.05, 3.63) is 54.0 Å². The summed E-state index contributed by atoms with van der Waals surface area (Å²) < 4.78 is 5.21. The molecular weight excluding hydrogens is 348 g/mol. The van der Waals surface area contributed by atoms with Gasteiger partial charge in [0, 0.05) is 44.7 Å². The molecule has 7 heteroatoms. The van der Waals surface area contributed by atoms with Crippen LogP contribution in [0.5, 0.6) is 0 Å². The number of carbonyl (C=O) groups is 1. The van der Waals surface area contributed by atoms with Gasteiger partial charge in [-0.15, -0.1) is 11.8 Å². The number of carbonyl (C=O) groups excluding carboxylic acids is 1. The Kier molecular flexibility index (Phi) is 6.22. The Bertz CT molecular complexity index is 735. The van der Waals surface area contributed by atoms with Crippen molar-refractivity contribution in [2.24, 2.45) is 4.99 Å². The third-order valence-corrected chi connectivity index (χ3v) is 5.16. The first-order valence-corrected chi connectivity index (χ1v) is 9.85. The van der Waals surface area contributed by atoms with Crippen molar-refractivity contribution in [3.8, 4) is 0 Å². The Labute approximate surface area is 158 Å². The van der Waals surface area contributed by atoms with Gasteiger partial charge in [-0.05, 0) is 36.1 Å². The Balaban J connectivity index is 1.51. The fraction of sp³-hybridized carbons (Fsp3) is 0.368. The van der Waals surface area contributed by atoms with Crippen molar-refractivity contribution in [1.82, 2.24) is 15.1 Å². The number of rotatable bonds is 4.